The summed E-state index contributed by atoms with van der Waals surface area (Å²) in [5, 5.41) is 19.4. The number of rotatable bonds is 2. The summed E-state index contributed by atoms with van der Waals surface area (Å²) in [5.74, 6) is 0. The Bertz CT molecular complexity index is 129. The van der Waals surface area contributed by atoms with Gasteiger partial charge in [-0.1, -0.05) is 12.8 Å². The zero-order valence-electron chi connectivity index (χ0n) is 7.43. The van der Waals surface area contributed by atoms with Gasteiger partial charge < -0.3 is 10.2 Å². The molecule has 1 saturated carbocycles. The second-order valence-electron chi connectivity index (χ2n) is 4.42. The predicted molar refractivity (Wildman–Crippen MR) is 44.3 cm³/mol. The maximum atomic E-state index is 9.87. The van der Waals surface area contributed by atoms with Crippen LogP contribution in [0.3, 0.4) is 0 Å². The standard InChI is InChI=1S/C9H18O2/c1-8(2,10)7-9(11)5-3-4-6-9/h10-11H,3-7H2,1-2H3. The fourth-order valence-corrected chi connectivity index (χ4v) is 2.02. The van der Waals surface area contributed by atoms with Crippen molar-refractivity contribution in [2.45, 2.75) is 57.2 Å². The van der Waals surface area contributed by atoms with Gasteiger partial charge in [0.25, 0.3) is 0 Å². The monoisotopic (exact) mass is 158 g/mol. The molecule has 2 heteroatoms. The Morgan fingerprint density at radius 2 is 1.73 bits per heavy atom. The summed E-state index contributed by atoms with van der Waals surface area (Å²) < 4.78 is 0. The van der Waals surface area contributed by atoms with Crippen LogP contribution in [0.15, 0.2) is 0 Å². The van der Waals surface area contributed by atoms with E-state index in [1.165, 1.54) is 0 Å². The second-order valence-corrected chi connectivity index (χ2v) is 4.42. The van der Waals surface area contributed by atoms with Crippen LogP contribution in [-0.2, 0) is 0 Å². The van der Waals surface area contributed by atoms with E-state index in [2.05, 4.69) is 0 Å². The minimum Gasteiger partial charge on any atom is -0.390 e. The molecule has 0 heterocycles. The van der Waals surface area contributed by atoms with Gasteiger partial charge in [-0.2, -0.15) is 0 Å². The predicted octanol–water partition coefficient (Wildman–Crippen LogP) is 1.45. The summed E-state index contributed by atoms with van der Waals surface area (Å²) in [6, 6.07) is 0. The molecule has 0 bridgehead atoms. The molecule has 1 fully saturated rings. The van der Waals surface area contributed by atoms with Gasteiger partial charge in [-0.05, 0) is 26.7 Å². The quantitative estimate of drug-likeness (QED) is 0.638. The van der Waals surface area contributed by atoms with Crippen molar-refractivity contribution in [1.82, 2.24) is 0 Å². The van der Waals surface area contributed by atoms with Crippen LogP contribution < -0.4 is 0 Å². The molecule has 0 saturated heterocycles. The van der Waals surface area contributed by atoms with E-state index in [-0.39, 0.29) is 0 Å². The van der Waals surface area contributed by atoms with Crippen LogP contribution in [0.4, 0.5) is 0 Å². The average Bonchev–Trinajstić information content (AvgIpc) is 2.09. The lowest BCUT2D eigenvalue weighted by molar-refractivity contribution is -0.0420. The van der Waals surface area contributed by atoms with Crippen molar-refractivity contribution in [2.75, 3.05) is 0 Å². The highest BCUT2D eigenvalue weighted by atomic mass is 16.3. The van der Waals surface area contributed by atoms with E-state index >= 15 is 0 Å². The molecule has 0 amide bonds. The Balaban J connectivity index is 2.46. The van der Waals surface area contributed by atoms with Crippen molar-refractivity contribution < 1.29 is 10.2 Å². The number of aliphatic hydroxyl groups is 2. The van der Waals surface area contributed by atoms with Crippen LogP contribution in [0.25, 0.3) is 0 Å². The molecule has 0 aromatic heterocycles. The largest absolute Gasteiger partial charge is 0.390 e. The first kappa shape index (κ1) is 9.01. The number of hydrogen-bond donors (Lipinski definition) is 2. The van der Waals surface area contributed by atoms with Gasteiger partial charge in [0.2, 0.25) is 0 Å². The molecular formula is C9H18O2. The maximum Gasteiger partial charge on any atom is 0.0675 e. The van der Waals surface area contributed by atoms with Crippen molar-refractivity contribution in [3.63, 3.8) is 0 Å². The highest BCUT2D eigenvalue weighted by Gasteiger charge is 2.35. The third-order valence-corrected chi connectivity index (χ3v) is 2.30. The summed E-state index contributed by atoms with van der Waals surface area (Å²) in [5.41, 5.74) is -1.29. The third-order valence-electron chi connectivity index (χ3n) is 2.30. The minimum absolute atomic E-state index is 0.514. The van der Waals surface area contributed by atoms with Gasteiger partial charge in [0.15, 0.2) is 0 Å². The molecule has 1 aliphatic rings. The topological polar surface area (TPSA) is 40.5 Å². The van der Waals surface area contributed by atoms with Crippen molar-refractivity contribution >= 4 is 0 Å². The fourth-order valence-electron chi connectivity index (χ4n) is 2.02. The van der Waals surface area contributed by atoms with Gasteiger partial charge in [-0.25, -0.2) is 0 Å². The van der Waals surface area contributed by atoms with Crippen molar-refractivity contribution in [3.8, 4) is 0 Å². The Morgan fingerprint density at radius 3 is 2.09 bits per heavy atom. The molecule has 66 valence electrons. The molecule has 2 nitrogen and oxygen atoms in total. The molecule has 11 heavy (non-hydrogen) atoms. The van der Waals surface area contributed by atoms with Gasteiger partial charge >= 0.3 is 0 Å². The molecule has 0 radical (unpaired) electrons. The fraction of sp³-hybridized carbons (Fsp3) is 1.00. The zero-order valence-corrected chi connectivity index (χ0v) is 7.43. The Morgan fingerprint density at radius 1 is 1.27 bits per heavy atom. The summed E-state index contributed by atoms with van der Waals surface area (Å²) in [6.07, 6.45) is 4.44. The second kappa shape index (κ2) is 2.76. The first-order chi connectivity index (χ1) is 4.91. The highest BCUT2D eigenvalue weighted by molar-refractivity contribution is 4.89. The summed E-state index contributed by atoms with van der Waals surface area (Å²) in [4.78, 5) is 0. The van der Waals surface area contributed by atoms with E-state index in [0.717, 1.165) is 25.7 Å². The van der Waals surface area contributed by atoms with Gasteiger partial charge in [-0.3, -0.25) is 0 Å². The Hall–Kier alpha value is -0.0800. The molecule has 0 aliphatic heterocycles. The third kappa shape index (κ3) is 2.80. The van der Waals surface area contributed by atoms with Crippen LogP contribution in [0.1, 0.15) is 46.0 Å². The molecule has 0 spiro atoms. The van der Waals surface area contributed by atoms with E-state index in [1.807, 2.05) is 0 Å². The zero-order chi connectivity index (χ0) is 8.54. The van der Waals surface area contributed by atoms with Gasteiger partial charge in [0.1, 0.15) is 0 Å². The van der Waals surface area contributed by atoms with Crippen molar-refractivity contribution in [1.29, 1.82) is 0 Å². The lowest BCUT2D eigenvalue weighted by Crippen LogP contribution is -2.35. The molecule has 0 aromatic rings. The first-order valence-corrected chi connectivity index (χ1v) is 4.36. The van der Waals surface area contributed by atoms with E-state index in [9.17, 15) is 10.2 Å². The molecule has 1 rings (SSSR count). The Labute approximate surface area is 68.2 Å². The van der Waals surface area contributed by atoms with Crippen molar-refractivity contribution in [3.05, 3.63) is 0 Å². The van der Waals surface area contributed by atoms with Gasteiger partial charge in [-0.15, -0.1) is 0 Å². The molecule has 0 atom stereocenters. The minimum atomic E-state index is -0.723. The lowest BCUT2D eigenvalue weighted by atomic mass is 9.88. The van der Waals surface area contributed by atoms with Crippen LogP contribution in [0, 0.1) is 0 Å². The highest BCUT2D eigenvalue weighted by Crippen LogP contribution is 2.35. The van der Waals surface area contributed by atoms with E-state index < -0.39 is 11.2 Å². The lowest BCUT2D eigenvalue weighted by Gasteiger charge is -2.29. The SMILES string of the molecule is CC(C)(O)CC1(O)CCCC1. The number of hydrogen-bond acceptors (Lipinski definition) is 2. The average molecular weight is 158 g/mol. The van der Waals surface area contributed by atoms with Gasteiger partial charge in [0, 0.05) is 6.42 Å². The first-order valence-electron chi connectivity index (χ1n) is 4.36. The molecule has 1 aliphatic carbocycles. The van der Waals surface area contributed by atoms with Crippen LogP contribution >= 0.6 is 0 Å². The van der Waals surface area contributed by atoms with Crippen LogP contribution in [-0.4, -0.2) is 21.4 Å². The molecule has 0 aromatic carbocycles. The smallest absolute Gasteiger partial charge is 0.0675 e. The van der Waals surface area contributed by atoms with Gasteiger partial charge in [0.05, 0.1) is 11.2 Å². The molecule has 2 N–H and O–H groups in total. The molecular weight excluding hydrogens is 140 g/mol. The summed E-state index contributed by atoms with van der Waals surface area (Å²) in [6.45, 7) is 3.51. The van der Waals surface area contributed by atoms with E-state index in [4.69, 9.17) is 0 Å². The normalized spacial score (nSPS) is 24.0. The maximum absolute atomic E-state index is 9.87. The van der Waals surface area contributed by atoms with E-state index in [0.29, 0.717) is 6.42 Å². The van der Waals surface area contributed by atoms with Crippen LogP contribution in [0.2, 0.25) is 0 Å². The van der Waals surface area contributed by atoms with Crippen LogP contribution in [0.5, 0.6) is 0 Å². The summed E-state index contributed by atoms with van der Waals surface area (Å²) in [7, 11) is 0. The molecule has 0 unspecified atom stereocenters. The van der Waals surface area contributed by atoms with Crippen molar-refractivity contribution in [2.24, 2.45) is 0 Å². The summed E-state index contributed by atoms with van der Waals surface area (Å²) >= 11 is 0. The Kier molecular flexibility index (Phi) is 2.26. The van der Waals surface area contributed by atoms with E-state index in [1.54, 1.807) is 13.8 Å².